The maximum absolute atomic E-state index is 6.23. The van der Waals surface area contributed by atoms with Crippen LogP contribution in [0.1, 0.15) is 24.9 Å². The first-order valence-electron chi connectivity index (χ1n) is 6.50. The zero-order valence-electron chi connectivity index (χ0n) is 10.8. The van der Waals surface area contributed by atoms with Gasteiger partial charge in [0.2, 0.25) is 0 Å². The van der Waals surface area contributed by atoms with Gasteiger partial charge in [-0.15, -0.1) is 0 Å². The van der Waals surface area contributed by atoms with Crippen molar-refractivity contribution in [3.8, 4) is 0 Å². The Balaban J connectivity index is 1.82. The van der Waals surface area contributed by atoms with Crippen molar-refractivity contribution in [2.45, 2.75) is 24.6 Å². The summed E-state index contributed by atoms with van der Waals surface area (Å²) in [5.41, 5.74) is 7.37. The molecule has 2 rings (SSSR count). The molecule has 0 spiro atoms. The van der Waals surface area contributed by atoms with E-state index in [1.165, 1.54) is 18.8 Å². The molecule has 0 amide bonds. The van der Waals surface area contributed by atoms with Gasteiger partial charge in [0.15, 0.2) is 0 Å². The quantitative estimate of drug-likeness (QED) is 0.921. The molecule has 0 aliphatic carbocycles. The van der Waals surface area contributed by atoms with Crippen molar-refractivity contribution in [2.24, 2.45) is 5.73 Å². The van der Waals surface area contributed by atoms with Gasteiger partial charge < -0.3 is 10.6 Å². The summed E-state index contributed by atoms with van der Waals surface area (Å²) in [5.74, 6) is 1.24. The summed E-state index contributed by atoms with van der Waals surface area (Å²) < 4.78 is 0. The van der Waals surface area contributed by atoms with E-state index >= 15 is 0 Å². The highest BCUT2D eigenvalue weighted by Crippen LogP contribution is 2.21. The van der Waals surface area contributed by atoms with Gasteiger partial charge in [-0.1, -0.05) is 30.7 Å². The molecule has 4 heteroatoms. The smallest absolute Gasteiger partial charge is 0.0409 e. The molecule has 1 heterocycles. The number of rotatable bonds is 4. The van der Waals surface area contributed by atoms with Crippen LogP contribution in [-0.2, 0) is 0 Å². The van der Waals surface area contributed by atoms with E-state index in [9.17, 15) is 0 Å². The summed E-state index contributed by atoms with van der Waals surface area (Å²) in [5, 5.41) is 1.52. The van der Waals surface area contributed by atoms with Gasteiger partial charge in [0.1, 0.15) is 0 Å². The SMILES string of the molecule is CC1CN(CCC(N)c2cccc(Cl)c2)CCS1. The van der Waals surface area contributed by atoms with Crippen LogP contribution in [-0.4, -0.2) is 35.5 Å². The van der Waals surface area contributed by atoms with Crippen LogP contribution in [0.2, 0.25) is 5.02 Å². The summed E-state index contributed by atoms with van der Waals surface area (Å²) in [6.45, 7) is 5.76. The Hall–Kier alpha value is -0.220. The van der Waals surface area contributed by atoms with E-state index in [2.05, 4.69) is 29.7 Å². The fraction of sp³-hybridized carbons (Fsp3) is 0.571. The molecular weight excluding hydrogens is 264 g/mol. The minimum atomic E-state index is 0.0913. The summed E-state index contributed by atoms with van der Waals surface area (Å²) in [6.07, 6.45) is 0.998. The molecule has 2 N–H and O–H groups in total. The van der Waals surface area contributed by atoms with Crippen LogP contribution in [0.15, 0.2) is 24.3 Å². The van der Waals surface area contributed by atoms with E-state index < -0.39 is 0 Å². The third-order valence-corrected chi connectivity index (χ3v) is 4.73. The first-order chi connectivity index (χ1) is 8.65. The molecule has 1 aromatic carbocycles. The number of thioether (sulfide) groups is 1. The lowest BCUT2D eigenvalue weighted by Gasteiger charge is -2.31. The lowest BCUT2D eigenvalue weighted by atomic mass is 10.0. The lowest BCUT2D eigenvalue weighted by molar-refractivity contribution is 0.275. The maximum atomic E-state index is 6.23. The van der Waals surface area contributed by atoms with E-state index in [0.29, 0.717) is 0 Å². The highest BCUT2D eigenvalue weighted by molar-refractivity contribution is 7.99. The topological polar surface area (TPSA) is 29.3 Å². The van der Waals surface area contributed by atoms with Crippen LogP contribution in [0.3, 0.4) is 0 Å². The molecule has 0 bridgehead atoms. The van der Waals surface area contributed by atoms with Crippen molar-refractivity contribution >= 4 is 23.4 Å². The first-order valence-corrected chi connectivity index (χ1v) is 7.93. The summed E-state index contributed by atoms with van der Waals surface area (Å²) in [6, 6.07) is 7.98. The minimum absolute atomic E-state index is 0.0913. The lowest BCUT2D eigenvalue weighted by Crippen LogP contribution is -2.38. The molecule has 1 aromatic rings. The average molecular weight is 285 g/mol. The van der Waals surface area contributed by atoms with Crippen molar-refractivity contribution in [2.75, 3.05) is 25.4 Å². The van der Waals surface area contributed by atoms with Gasteiger partial charge in [-0.25, -0.2) is 0 Å². The highest BCUT2D eigenvalue weighted by atomic mass is 35.5. The second kappa shape index (κ2) is 6.80. The highest BCUT2D eigenvalue weighted by Gasteiger charge is 2.17. The van der Waals surface area contributed by atoms with Crippen molar-refractivity contribution < 1.29 is 0 Å². The molecule has 0 radical (unpaired) electrons. The molecule has 2 nitrogen and oxygen atoms in total. The Kier molecular flexibility index (Phi) is 5.37. The Bertz CT molecular complexity index is 386. The zero-order chi connectivity index (χ0) is 13.0. The summed E-state index contributed by atoms with van der Waals surface area (Å²) in [4.78, 5) is 2.52. The van der Waals surface area contributed by atoms with Crippen LogP contribution in [0.5, 0.6) is 0 Å². The number of benzene rings is 1. The predicted octanol–water partition coefficient (Wildman–Crippen LogP) is 3.17. The minimum Gasteiger partial charge on any atom is -0.324 e. The third-order valence-electron chi connectivity index (χ3n) is 3.36. The molecule has 100 valence electrons. The zero-order valence-corrected chi connectivity index (χ0v) is 12.4. The maximum Gasteiger partial charge on any atom is 0.0409 e. The first kappa shape index (κ1) is 14.2. The Morgan fingerprint density at radius 2 is 2.39 bits per heavy atom. The third kappa shape index (κ3) is 4.16. The number of halogens is 1. The molecule has 2 unspecified atom stereocenters. The summed E-state index contributed by atoms with van der Waals surface area (Å²) >= 11 is 8.05. The van der Waals surface area contributed by atoms with Crippen molar-refractivity contribution in [3.05, 3.63) is 34.9 Å². The normalized spacial score (nSPS) is 22.9. The van der Waals surface area contributed by atoms with E-state index in [0.717, 1.165) is 28.8 Å². The van der Waals surface area contributed by atoms with Crippen molar-refractivity contribution in [1.82, 2.24) is 4.90 Å². The van der Waals surface area contributed by atoms with Crippen molar-refractivity contribution in [1.29, 1.82) is 0 Å². The number of hydrogen-bond donors (Lipinski definition) is 1. The number of nitrogens with two attached hydrogens (primary N) is 1. The van der Waals surface area contributed by atoms with E-state index in [-0.39, 0.29) is 6.04 Å². The summed E-state index contributed by atoms with van der Waals surface area (Å²) in [7, 11) is 0. The Labute approximate surface area is 119 Å². The fourth-order valence-electron chi connectivity index (χ4n) is 2.32. The second-order valence-electron chi connectivity index (χ2n) is 4.93. The van der Waals surface area contributed by atoms with Crippen LogP contribution >= 0.6 is 23.4 Å². The second-order valence-corrected chi connectivity index (χ2v) is 6.91. The average Bonchev–Trinajstić information content (AvgIpc) is 2.36. The number of nitrogens with zero attached hydrogens (tertiary/aromatic N) is 1. The molecule has 2 atom stereocenters. The fourth-order valence-corrected chi connectivity index (χ4v) is 3.60. The van der Waals surface area contributed by atoms with Gasteiger partial charge in [-0.05, 0) is 24.1 Å². The Morgan fingerprint density at radius 1 is 1.56 bits per heavy atom. The molecule has 0 aromatic heterocycles. The van der Waals surface area contributed by atoms with Crippen LogP contribution < -0.4 is 5.73 Å². The molecule has 1 saturated heterocycles. The van der Waals surface area contributed by atoms with Gasteiger partial charge in [-0.3, -0.25) is 0 Å². The van der Waals surface area contributed by atoms with Crippen LogP contribution in [0.25, 0.3) is 0 Å². The largest absolute Gasteiger partial charge is 0.324 e. The predicted molar refractivity (Wildman–Crippen MR) is 81.4 cm³/mol. The molecule has 0 saturated carbocycles. The van der Waals surface area contributed by atoms with Gasteiger partial charge >= 0.3 is 0 Å². The van der Waals surface area contributed by atoms with Crippen molar-refractivity contribution in [3.63, 3.8) is 0 Å². The standard InChI is InChI=1S/C14H21ClN2S/c1-11-10-17(7-8-18-11)6-5-14(16)12-3-2-4-13(15)9-12/h2-4,9,11,14H,5-8,10,16H2,1H3. The molecular formula is C14H21ClN2S. The van der Waals surface area contributed by atoms with E-state index in [4.69, 9.17) is 17.3 Å². The molecule has 1 aliphatic heterocycles. The molecule has 18 heavy (non-hydrogen) atoms. The van der Waals surface area contributed by atoms with Crippen LogP contribution in [0, 0.1) is 0 Å². The van der Waals surface area contributed by atoms with Gasteiger partial charge in [0.25, 0.3) is 0 Å². The molecule has 1 aliphatic rings. The van der Waals surface area contributed by atoms with Gasteiger partial charge in [0.05, 0.1) is 0 Å². The van der Waals surface area contributed by atoms with Crippen LogP contribution in [0.4, 0.5) is 0 Å². The molecule has 1 fully saturated rings. The Morgan fingerprint density at radius 3 is 3.11 bits per heavy atom. The van der Waals surface area contributed by atoms with E-state index in [1.54, 1.807) is 0 Å². The van der Waals surface area contributed by atoms with Gasteiger partial charge in [-0.2, -0.15) is 11.8 Å². The number of hydrogen-bond acceptors (Lipinski definition) is 3. The van der Waals surface area contributed by atoms with Gasteiger partial charge in [0, 0.05) is 41.7 Å². The van der Waals surface area contributed by atoms with E-state index in [1.807, 2.05) is 18.2 Å². The monoisotopic (exact) mass is 284 g/mol.